The van der Waals surface area contributed by atoms with Gasteiger partial charge in [0.25, 0.3) is 0 Å². The van der Waals surface area contributed by atoms with Gasteiger partial charge in [0.15, 0.2) is 5.82 Å². The number of carbonyl (C=O) groups is 1. The first-order valence-corrected chi connectivity index (χ1v) is 11.9. The van der Waals surface area contributed by atoms with Crippen LogP contribution in [0.5, 0.6) is 0 Å². The smallest absolute Gasteiger partial charge is 0.407 e. The number of methoxy groups -OCH3 is 1. The normalized spacial score (nSPS) is 20.5. The Bertz CT molecular complexity index is 1180. The average molecular weight is 488 g/mol. The number of anilines is 2. The van der Waals surface area contributed by atoms with Crippen molar-refractivity contribution in [1.29, 1.82) is 0 Å². The molecule has 0 aromatic carbocycles. The number of carbonyl (C=O) groups excluding carboxylic acids is 1. The number of ether oxygens (including phenoxy) is 2. The van der Waals surface area contributed by atoms with E-state index >= 15 is 0 Å². The van der Waals surface area contributed by atoms with Crippen LogP contribution < -0.4 is 10.6 Å². The van der Waals surface area contributed by atoms with Crippen molar-refractivity contribution in [2.75, 3.05) is 12.4 Å². The average Bonchev–Trinajstić information content (AvgIpc) is 3.45. The number of nitrogens with zero attached hydrogens (tertiary/aromatic N) is 5. The van der Waals surface area contributed by atoms with Gasteiger partial charge in [0.1, 0.15) is 23.6 Å². The second-order valence-electron chi connectivity index (χ2n) is 10.3. The molecule has 0 radical (unpaired) electrons. The number of hydrogen-bond donors (Lipinski definition) is 2. The Labute approximate surface area is 204 Å². The van der Waals surface area contributed by atoms with Gasteiger partial charge in [-0.3, -0.25) is 0 Å². The number of fused-ring (bicyclic) bond motifs is 1. The molecule has 4 rings (SSSR count). The van der Waals surface area contributed by atoms with E-state index in [0.29, 0.717) is 18.8 Å². The van der Waals surface area contributed by atoms with Gasteiger partial charge in [-0.1, -0.05) is 0 Å². The van der Waals surface area contributed by atoms with E-state index < -0.39 is 18.4 Å². The van der Waals surface area contributed by atoms with Crippen molar-refractivity contribution in [2.45, 2.75) is 83.8 Å². The molecule has 11 heteroatoms. The van der Waals surface area contributed by atoms with Gasteiger partial charge in [-0.15, -0.1) is 0 Å². The third-order valence-corrected chi connectivity index (χ3v) is 5.86. The maximum atomic E-state index is 14.8. The molecule has 3 unspecified atom stereocenters. The second-order valence-corrected chi connectivity index (χ2v) is 10.3. The summed E-state index contributed by atoms with van der Waals surface area (Å²) >= 11 is 0. The van der Waals surface area contributed by atoms with Crippen molar-refractivity contribution in [3.63, 3.8) is 0 Å². The van der Waals surface area contributed by atoms with E-state index in [2.05, 4.69) is 20.7 Å². The molecule has 1 aliphatic rings. The fraction of sp³-hybridized carbons (Fsp3) is 0.583. The monoisotopic (exact) mass is 487 g/mol. The molecule has 0 aliphatic heterocycles. The van der Waals surface area contributed by atoms with Crippen LogP contribution in [0.3, 0.4) is 0 Å². The molecular formula is C24H34FN7O3. The van der Waals surface area contributed by atoms with Crippen molar-refractivity contribution < 1.29 is 18.7 Å². The van der Waals surface area contributed by atoms with Gasteiger partial charge in [-0.2, -0.15) is 10.2 Å². The van der Waals surface area contributed by atoms with E-state index in [1.165, 1.54) is 0 Å². The number of amides is 1. The van der Waals surface area contributed by atoms with Crippen molar-refractivity contribution in [3.05, 3.63) is 35.9 Å². The summed E-state index contributed by atoms with van der Waals surface area (Å²) in [6.07, 6.45) is 1.45. The van der Waals surface area contributed by atoms with Gasteiger partial charge >= 0.3 is 6.09 Å². The minimum atomic E-state index is -1.24. The highest BCUT2D eigenvalue weighted by molar-refractivity contribution is 5.72. The Morgan fingerprint density at radius 3 is 2.71 bits per heavy atom. The minimum absolute atomic E-state index is 0.0756. The summed E-state index contributed by atoms with van der Waals surface area (Å²) in [6, 6.07) is 3.77. The number of halogens is 1. The lowest BCUT2D eigenvalue weighted by atomic mass is 10.0. The minimum Gasteiger partial charge on any atom is -0.443 e. The number of nitrogens with one attached hydrogen (secondary N) is 2. The van der Waals surface area contributed by atoms with Crippen LogP contribution in [0.2, 0.25) is 0 Å². The zero-order valence-electron chi connectivity index (χ0n) is 21.1. The summed E-state index contributed by atoms with van der Waals surface area (Å²) in [4.78, 5) is 16.5. The Balaban J connectivity index is 1.59. The summed E-state index contributed by atoms with van der Waals surface area (Å²) in [5.41, 5.74) is 2.01. The summed E-state index contributed by atoms with van der Waals surface area (Å²) < 4.78 is 28.9. The molecule has 35 heavy (non-hydrogen) atoms. The molecular weight excluding hydrogens is 453 g/mol. The highest BCUT2D eigenvalue weighted by atomic mass is 19.1. The standard InChI is InChI=1S/C24H34FN7O3/c1-14(2)27-23(33)35-20-10-15(9-17(20)25)18-12-21(32(30-18)24(3,4)5)28-22-19-11-16(13-34-6)29-31(19)8-7-26-22/h7-8,11-12,14-15,17,20H,9-10,13H2,1-6H3,(H,26,28)(H,27,33). The molecule has 1 amide bonds. The quantitative estimate of drug-likeness (QED) is 0.512. The lowest BCUT2D eigenvalue weighted by Gasteiger charge is -2.22. The van der Waals surface area contributed by atoms with E-state index in [4.69, 9.17) is 14.6 Å². The fourth-order valence-corrected chi connectivity index (χ4v) is 4.33. The van der Waals surface area contributed by atoms with Gasteiger partial charge in [0, 0.05) is 37.5 Å². The lowest BCUT2D eigenvalue weighted by molar-refractivity contribution is 0.0593. The molecule has 1 saturated carbocycles. The van der Waals surface area contributed by atoms with Gasteiger partial charge < -0.3 is 20.1 Å². The largest absolute Gasteiger partial charge is 0.443 e. The van der Waals surface area contributed by atoms with Crippen LogP contribution in [0.25, 0.3) is 5.52 Å². The molecule has 3 aromatic heterocycles. The van der Waals surface area contributed by atoms with Crippen molar-refractivity contribution in [1.82, 2.24) is 29.7 Å². The van der Waals surface area contributed by atoms with Crippen molar-refractivity contribution >= 4 is 23.2 Å². The number of alkyl halides is 1. The Morgan fingerprint density at radius 1 is 1.26 bits per heavy atom. The van der Waals surface area contributed by atoms with Crippen LogP contribution in [0.4, 0.5) is 20.8 Å². The highest BCUT2D eigenvalue weighted by Crippen LogP contribution is 2.39. The Hall–Kier alpha value is -3.21. The molecule has 1 fully saturated rings. The third kappa shape index (κ3) is 5.55. The Kier molecular flexibility index (Phi) is 6.98. The molecule has 2 N–H and O–H groups in total. The summed E-state index contributed by atoms with van der Waals surface area (Å²) in [7, 11) is 1.63. The van der Waals surface area contributed by atoms with Gasteiger partial charge in [-0.25, -0.2) is 23.4 Å². The van der Waals surface area contributed by atoms with E-state index in [-0.39, 0.29) is 23.9 Å². The molecule has 3 heterocycles. The number of rotatable bonds is 7. The number of alkyl carbamates (subject to hydrolysis) is 1. The molecule has 10 nitrogen and oxygen atoms in total. The highest BCUT2D eigenvalue weighted by Gasteiger charge is 2.39. The first kappa shape index (κ1) is 24.9. The van der Waals surface area contributed by atoms with Crippen LogP contribution in [0, 0.1) is 0 Å². The van der Waals surface area contributed by atoms with Crippen LogP contribution in [0.1, 0.15) is 64.8 Å². The molecule has 3 aromatic rings. The van der Waals surface area contributed by atoms with Crippen molar-refractivity contribution in [2.24, 2.45) is 0 Å². The first-order chi connectivity index (χ1) is 16.5. The number of aromatic nitrogens is 5. The predicted molar refractivity (Wildman–Crippen MR) is 130 cm³/mol. The zero-order valence-corrected chi connectivity index (χ0v) is 21.1. The predicted octanol–water partition coefficient (Wildman–Crippen LogP) is 4.29. The lowest BCUT2D eigenvalue weighted by Crippen LogP contribution is -2.35. The topological polar surface area (TPSA) is 108 Å². The van der Waals surface area contributed by atoms with Gasteiger partial charge in [-0.05, 0) is 53.5 Å². The molecule has 190 valence electrons. The third-order valence-electron chi connectivity index (χ3n) is 5.86. The Morgan fingerprint density at radius 2 is 2.03 bits per heavy atom. The SMILES string of the molecule is COCc1cc2c(Nc3cc(C4CC(F)C(OC(=O)NC(C)C)C4)nn3C(C)(C)C)nccn2n1. The molecule has 1 aliphatic carbocycles. The van der Waals surface area contributed by atoms with E-state index in [9.17, 15) is 9.18 Å². The molecule has 0 bridgehead atoms. The van der Waals surface area contributed by atoms with Crippen molar-refractivity contribution in [3.8, 4) is 0 Å². The van der Waals surface area contributed by atoms with E-state index in [1.54, 1.807) is 24.0 Å². The molecule has 0 spiro atoms. The molecule has 3 atom stereocenters. The zero-order chi connectivity index (χ0) is 25.3. The number of hydrogen-bond acceptors (Lipinski definition) is 7. The second kappa shape index (κ2) is 9.80. The van der Waals surface area contributed by atoms with Gasteiger partial charge in [0.2, 0.25) is 0 Å². The summed E-state index contributed by atoms with van der Waals surface area (Å²) in [5, 5.41) is 15.4. The summed E-state index contributed by atoms with van der Waals surface area (Å²) in [6.45, 7) is 10.2. The fourth-order valence-electron chi connectivity index (χ4n) is 4.33. The van der Waals surface area contributed by atoms with Crippen LogP contribution in [-0.2, 0) is 21.6 Å². The molecule has 0 saturated heterocycles. The van der Waals surface area contributed by atoms with E-state index in [1.807, 2.05) is 51.4 Å². The maximum Gasteiger partial charge on any atom is 0.407 e. The van der Waals surface area contributed by atoms with Crippen LogP contribution in [-0.4, -0.2) is 55.9 Å². The van der Waals surface area contributed by atoms with E-state index in [0.717, 1.165) is 22.7 Å². The van der Waals surface area contributed by atoms with Crippen LogP contribution in [0.15, 0.2) is 24.5 Å². The maximum absolute atomic E-state index is 14.8. The van der Waals surface area contributed by atoms with Crippen LogP contribution >= 0.6 is 0 Å². The first-order valence-electron chi connectivity index (χ1n) is 11.9. The van der Waals surface area contributed by atoms with Gasteiger partial charge in [0.05, 0.1) is 23.5 Å². The summed E-state index contributed by atoms with van der Waals surface area (Å²) in [5.74, 6) is 1.19.